The summed E-state index contributed by atoms with van der Waals surface area (Å²) in [6.07, 6.45) is -0.626. The first-order valence-electron chi connectivity index (χ1n) is 7.88. The molecule has 2 atom stereocenters. The number of carbonyl (C=O) groups excluding carboxylic acids is 1. The second-order valence-electron chi connectivity index (χ2n) is 5.92. The number of carbonyl (C=O) groups is 1. The molecule has 24 heavy (non-hydrogen) atoms. The van der Waals surface area contributed by atoms with Gasteiger partial charge in [0, 0.05) is 11.4 Å². The molecule has 0 radical (unpaired) electrons. The highest BCUT2D eigenvalue weighted by Gasteiger charge is 2.24. The first-order valence-corrected chi connectivity index (χ1v) is 8.93. The molecule has 0 aliphatic carbocycles. The van der Waals surface area contributed by atoms with Crippen LogP contribution in [0, 0.1) is 11.7 Å². The lowest BCUT2D eigenvalue weighted by Crippen LogP contribution is -2.30. The molecule has 0 saturated carbocycles. The molecule has 1 amide bonds. The minimum Gasteiger partial charge on any atom is -0.388 e. The molecule has 0 aliphatic rings. The average Bonchev–Trinajstić information content (AvgIpc) is 2.55. The van der Waals surface area contributed by atoms with Crippen molar-refractivity contribution in [1.82, 2.24) is 0 Å². The molecule has 128 valence electrons. The van der Waals surface area contributed by atoms with Crippen LogP contribution < -0.4 is 5.32 Å². The number of rotatable bonds is 7. The molecule has 2 unspecified atom stereocenters. The fourth-order valence-corrected chi connectivity index (χ4v) is 3.49. The minimum atomic E-state index is -0.626. The van der Waals surface area contributed by atoms with E-state index in [2.05, 4.69) is 5.32 Å². The Morgan fingerprint density at radius 1 is 1.17 bits per heavy atom. The van der Waals surface area contributed by atoms with E-state index < -0.39 is 6.10 Å². The van der Waals surface area contributed by atoms with Gasteiger partial charge in [-0.25, -0.2) is 4.39 Å². The molecular formula is C19H22FNO2S. The summed E-state index contributed by atoms with van der Waals surface area (Å²) in [6, 6.07) is 15.2. The Hall–Kier alpha value is -1.85. The van der Waals surface area contributed by atoms with Crippen molar-refractivity contribution >= 4 is 23.4 Å². The Kier molecular flexibility index (Phi) is 6.82. The zero-order valence-corrected chi connectivity index (χ0v) is 14.6. The van der Waals surface area contributed by atoms with Crippen LogP contribution in [0.1, 0.15) is 25.5 Å². The maximum atomic E-state index is 13.2. The van der Waals surface area contributed by atoms with E-state index in [9.17, 15) is 14.3 Å². The highest BCUT2D eigenvalue weighted by atomic mass is 32.2. The first kappa shape index (κ1) is 18.5. The summed E-state index contributed by atoms with van der Waals surface area (Å²) >= 11 is 1.41. The van der Waals surface area contributed by atoms with Gasteiger partial charge >= 0.3 is 0 Å². The summed E-state index contributed by atoms with van der Waals surface area (Å²) in [5.74, 6) is -0.0582. The van der Waals surface area contributed by atoms with E-state index in [1.165, 1.54) is 23.9 Å². The highest BCUT2D eigenvalue weighted by Crippen LogP contribution is 2.26. The van der Waals surface area contributed by atoms with E-state index in [0.717, 1.165) is 5.56 Å². The lowest BCUT2D eigenvalue weighted by molar-refractivity contribution is -0.116. The third-order valence-corrected chi connectivity index (χ3v) is 5.20. The zero-order chi connectivity index (χ0) is 17.5. The van der Waals surface area contributed by atoms with Crippen LogP contribution in [-0.2, 0) is 4.79 Å². The molecule has 3 nitrogen and oxygen atoms in total. The third kappa shape index (κ3) is 5.35. The summed E-state index contributed by atoms with van der Waals surface area (Å²) in [4.78, 5) is 12.5. The van der Waals surface area contributed by atoms with Crippen molar-refractivity contribution in [2.24, 2.45) is 5.92 Å². The van der Waals surface area contributed by atoms with Crippen molar-refractivity contribution in [3.8, 4) is 0 Å². The second-order valence-corrected chi connectivity index (χ2v) is 7.10. The number of halogens is 1. The van der Waals surface area contributed by atoms with Gasteiger partial charge in [0.25, 0.3) is 0 Å². The molecule has 0 bridgehead atoms. The predicted molar refractivity (Wildman–Crippen MR) is 97.5 cm³/mol. The van der Waals surface area contributed by atoms with Crippen LogP contribution in [0.25, 0.3) is 0 Å². The Balaban J connectivity index is 1.97. The minimum absolute atomic E-state index is 0.0894. The molecule has 5 heteroatoms. The highest BCUT2D eigenvalue weighted by molar-refractivity contribution is 8.00. The van der Waals surface area contributed by atoms with E-state index in [0.29, 0.717) is 11.4 Å². The van der Waals surface area contributed by atoms with Crippen molar-refractivity contribution in [2.45, 2.75) is 25.2 Å². The standard InChI is InChI=1S/C19H22FNO2S/c1-13(2)18(19(23)21-16-10-6-9-15(20)11-16)24-12-17(22)14-7-4-3-5-8-14/h3-11,13,17-18,22H,12H2,1-2H3,(H,21,23). The number of thioether (sulfide) groups is 1. The van der Waals surface area contributed by atoms with Crippen LogP contribution in [0.15, 0.2) is 54.6 Å². The van der Waals surface area contributed by atoms with Gasteiger partial charge in [0.15, 0.2) is 0 Å². The van der Waals surface area contributed by atoms with Crippen LogP contribution in [0.5, 0.6) is 0 Å². The van der Waals surface area contributed by atoms with Crippen LogP contribution in [-0.4, -0.2) is 22.0 Å². The number of anilines is 1. The zero-order valence-electron chi connectivity index (χ0n) is 13.8. The van der Waals surface area contributed by atoms with Crippen LogP contribution in [0.4, 0.5) is 10.1 Å². The van der Waals surface area contributed by atoms with Crippen LogP contribution in [0.3, 0.4) is 0 Å². The topological polar surface area (TPSA) is 49.3 Å². The summed E-state index contributed by atoms with van der Waals surface area (Å²) in [5, 5.41) is 12.7. The number of benzene rings is 2. The number of aliphatic hydroxyl groups is 1. The molecule has 2 aromatic rings. The van der Waals surface area contributed by atoms with Gasteiger partial charge < -0.3 is 10.4 Å². The molecule has 2 N–H and O–H groups in total. The van der Waals surface area contributed by atoms with Crippen molar-refractivity contribution in [3.63, 3.8) is 0 Å². The average molecular weight is 347 g/mol. The largest absolute Gasteiger partial charge is 0.388 e. The fourth-order valence-electron chi connectivity index (χ4n) is 2.32. The van der Waals surface area contributed by atoms with Crippen molar-refractivity contribution in [2.75, 3.05) is 11.1 Å². The number of hydrogen-bond acceptors (Lipinski definition) is 3. The lowest BCUT2D eigenvalue weighted by atomic mass is 10.1. The van der Waals surface area contributed by atoms with Gasteiger partial charge in [-0.15, -0.1) is 11.8 Å². The maximum Gasteiger partial charge on any atom is 0.237 e. The third-order valence-electron chi connectivity index (χ3n) is 3.57. The smallest absolute Gasteiger partial charge is 0.237 e. The predicted octanol–water partition coefficient (Wildman–Crippen LogP) is 4.26. The lowest BCUT2D eigenvalue weighted by Gasteiger charge is -2.21. The van der Waals surface area contributed by atoms with Gasteiger partial charge in [-0.1, -0.05) is 50.2 Å². The molecular weight excluding hydrogens is 325 g/mol. The van der Waals surface area contributed by atoms with E-state index in [-0.39, 0.29) is 22.9 Å². The Morgan fingerprint density at radius 3 is 2.50 bits per heavy atom. The summed E-state index contributed by atoms with van der Waals surface area (Å²) < 4.78 is 13.2. The van der Waals surface area contributed by atoms with Gasteiger partial charge in [0.1, 0.15) is 5.82 Å². The molecule has 2 aromatic carbocycles. The van der Waals surface area contributed by atoms with Crippen LogP contribution in [0.2, 0.25) is 0 Å². The number of aliphatic hydroxyl groups excluding tert-OH is 1. The molecule has 0 fully saturated rings. The van der Waals surface area contributed by atoms with E-state index in [1.54, 1.807) is 12.1 Å². The second kappa shape index (κ2) is 8.85. The van der Waals surface area contributed by atoms with Crippen molar-refractivity contribution in [3.05, 3.63) is 66.0 Å². The summed E-state index contributed by atoms with van der Waals surface area (Å²) in [5.41, 5.74) is 1.27. The molecule has 0 spiro atoms. The number of amides is 1. The van der Waals surface area contributed by atoms with Crippen LogP contribution >= 0.6 is 11.8 Å². The molecule has 2 rings (SSSR count). The monoisotopic (exact) mass is 347 g/mol. The molecule has 0 aromatic heterocycles. The number of nitrogens with one attached hydrogen (secondary N) is 1. The van der Waals surface area contributed by atoms with E-state index >= 15 is 0 Å². The van der Waals surface area contributed by atoms with Gasteiger partial charge in [-0.05, 0) is 29.7 Å². The Bertz CT molecular complexity index is 663. The molecule has 0 saturated heterocycles. The van der Waals surface area contributed by atoms with Gasteiger partial charge in [0.2, 0.25) is 5.91 Å². The summed E-state index contributed by atoms with van der Waals surface area (Å²) in [6.45, 7) is 3.91. The van der Waals surface area contributed by atoms with Gasteiger partial charge in [-0.3, -0.25) is 4.79 Å². The fraction of sp³-hybridized carbons (Fsp3) is 0.316. The Labute approximate surface area is 146 Å². The number of hydrogen-bond donors (Lipinski definition) is 2. The normalized spacial score (nSPS) is 13.5. The SMILES string of the molecule is CC(C)C(SCC(O)c1ccccc1)C(=O)Nc1cccc(F)c1. The first-order chi connectivity index (χ1) is 11.5. The van der Waals surface area contributed by atoms with Gasteiger partial charge in [-0.2, -0.15) is 0 Å². The van der Waals surface area contributed by atoms with Gasteiger partial charge in [0.05, 0.1) is 11.4 Å². The van der Waals surface area contributed by atoms with E-state index in [4.69, 9.17) is 0 Å². The summed E-state index contributed by atoms with van der Waals surface area (Å²) in [7, 11) is 0. The molecule has 0 aliphatic heterocycles. The van der Waals surface area contributed by atoms with Crippen molar-refractivity contribution < 1.29 is 14.3 Å². The molecule has 0 heterocycles. The van der Waals surface area contributed by atoms with Crippen molar-refractivity contribution in [1.29, 1.82) is 0 Å². The quantitative estimate of drug-likeness (QED) is 0.787. The maximum absolute atomic E-state index is 13.2. The Morgan fingerprint density at radius 2 is 1.88 bits per heavy atom. The van der Waals surface area contributed by atoms with E-state index in [1.807, 2.05) is 44.2 Å².